The van der Waals surface area contributed by atoms with Crippen molar-refractivity contribution in [3.05, 3.63) is 0 Å². The number of hydrogen-bond donors (Lipinski definition) is 2. The Hall–Kier alpha value is -0.810. The first kappa shape index (κ1) is 18.5. The number of amides is 1. The van der Waals surface area contributed by atoms with Gasteiger partial charge in [-0.2, -0.15) is 0 Å². The number of likely N-dealkylation sites (tertiary alicyclic amines) is 1. The highest BCUT2D eigenvalue weighted by Gasteiger charge is 2.27. The van der Waals surface area contributed by atoms with Gasteiger partial charge >= 0.3 is 6.09 Å². The van der Waals surface area contributed by atoms with Crippen LogP contribution in [-0.2, 0) is 4.74 Å². The fraction of sp³-hybridized carbons (Fsp3) is 0.944. The number of nitrogens with one attached hydrogen (secondary N) is 1. The van der Waals surface area contributed by atoms with Gasteiger partial charge in [-0.15, -0.1) is 0 Å². The van der Waals surface area contributed by atoms with Crippen molar-refractivity contribution >= 4 is 6.09 Å². The molecule has 2 atom stereocenters. The molecule has 1 saturated carbocycles. The molecule has 1 heterocycles. The van der Waals surface area contributed by atoms with Crippen LogP contribution < -0.4 is 5.32 Å². The SMILES string of the molecule is CC(C)(C)OC(=O)N1CCCC(NCC(O)C2CCCC2)CC1. The van der Waals surface area contributed by atoms with Crippen LogP contribution in [0.4, 0.5) is 4.79 Å². The summed E-state index contributed by atoms with van der Waals surface area (Å²) in [6.45, 7) is 7.87. The van der Waals surface area contributed by atoms with E-state index in [1.165, 1.54) is 25.7 Å². The average Bonchev–Trinajstić information content (AvgIpc) is 2.89. The first-order chi connectivity index (χ1) is 10.8. The van der Waals surface area contributed by atoms with Crippen LogP contribution in [0.2, 0.25) is 0 Å². The van der Waals surface area contributed by atoms with Gasteiger partial charge in [-0.1, -0.05) is 12.8 Å². The highest BCUT2D eigenvalue weighted by atomic mass is 16.6. The Balaban J connectivity index is 1.71. The van der Waals surface area contributed by atoms with E-state index in [9.17, 15) is 9.90 Å². The summed E-state index contributed by atoms with van der Waals surface area (Å²) in [5.41, 5.74) is -0.438. The summed E-state index contributed by atoms with van der Waals surface area (Å²) in [6, 6.07) is 0.387. The van der Waals surface area contributed by atoms with Crippen molar-refractivity contribution in [3.8, 4) is 0 Å². The fourth-order valence-corrected chi connectivity index (χ4v) is 3.61. The standard InChI is InChI=1S/C18H34N2O3/c1-18(2,3)23-17(22)20-11-6-9-15(10-12-20)19-13-16(21)14-7-4-5-8-14/h14-16,19,21H,4-13H2,1-3H3. The van der Waals surface area contributed by atoms with Crippen LogP contribution in [0.5, 0.6) is 0 Å². The number of aliphatic hydroxyl groups excluding tert-OH is 1. The number of carbonyl (C=O) groups is 1. The maximum Gasteiger partial charge on any atom is 0.410 e. The summed E-state index contributed by atoms with van der Waals surface area (Å²) in [4.78, 5) is 14.0. The summed E-state index contributed by atoms with van der Waals surface area (Å²) in [5, 5.41) is 13.8. The van der Waals surface area contributed by atoms with E-state index < -0.39 is 5.60 Å². The quantitative estimate of drug-likeness (QED) is 0.834. The van der Waals surface area contributed by atoms with E-state index in [0.717, 1.165) is 32.4 Å². The van der Waals surface area contributed by atoms with Crippen molar-refractivity contribution in [2.24, 2.45) is 5.92 Å². The molecule has 0 aromatic carbocycles. The predicted octanol–water partition coefficient (Wildman–Crippen LogP) is 2.92. The van der Waals surface area contributed by atoms with Crippen molar-refractivity contribution in [2.45, 2.75) is 83.5 Å². The topological polar surface area (TPSA) is 61.8 Å². The van der Waals surface area contributed by atoms with Crippen molar-refractivity contribution in [3.63, 3.8) is 0 Å². The second kappa shape index (κ2) is 8.34. The van der Waals surface area contributed by atoms with Crippen LogP contribution in [0.15, 0.2) is 0 Å². The van der Waals surface area contributed by atoms with Crippen LogP contribution in [0.3, 0.4) is 0 Å². The van der Waals surface area contributed by atoms with E-state index in [1.54, 1.807) is 0 Å². The Labute approximate surface area is 140 Å². The number of hydrogen-bond acceptors (Lipinski definition) is 4. The molecule has 23 heavy (non-hydrogen) atoms. The second-order valence-electron chi connectivity index (χ2n) is 8.12. The van der Waals surface area contributed by atoms with E-state index in [-0.39, 0.29) is 12.2 Å². The van der Waals surface area contributed by atoms with Gasteiger partial charge in [0.05, 0.1) is 6.10 Å². The average molecular weight is 326 g/mol. The minimum absolute atomic E-state index is 0.204. The molecule has 0 spiro atoms. The van der Waals surface area contributed by atoms with Gasteiger partial charge < -0.3 is 20.1 Å². The summed E-state index contributed by atoms with van der Waals surface area (Å²) in [7, 11) is 0. The molecule has 134 valence electrons. The normalized spacial score (nSPS) is 25.2. The first-order valence-corrected chi connectivity index (χ1v) is 9.24. The third-order valence-electron chi connectivity index (χ3n) is 4.94. The smallest absolute Gasteiger partial charge is 0.410 e. The third kappa shape index (κ3) is 6.30. The number of carbonyl (C=O) groups excluding carboxylic acids is 1. The molecule has 1 aliphatic heterocycles. The molecule has 0 aromatic rings. The second-order valence-corrected chi connectivity index (χ2v) is 8.12. The van der Waals surface area contributed by atoms with Gasteiger partial charge in [0.25, 0.3) is 0 Å². The maximum absolute atomic E-state index is 12.2. The largest absolute Gasteiger partial charge is 0.444 e. The van der Waals surface area contributed by atoms with Crippen LogP contribution in [-0.4, -0.2) is 53.5 Å². The molecule has 2 unspecified atom stereocenters. The van der Waals surface area contributed by atoms with Gasteiger partial charge in [0.1, 0.15) is 5.60 Å². The number of ether oxygens (including phenoxy) is 1. The molecule has 1 saturated heterocycles. The molecule has 2 N–H and O–H groups in total. The predicted molar refractivity (Wildman–Crippen MR) is 91.4 cm³/mol. The summed E-state index contributed by atoms with van der Waals surface area (Å²) in [5.74, 6) is 0.478. The third-order valence-corrected chi connectivity index (χ3v) is 4.94. The van der Waals surface area contributed by atoms with Crippen LogP contribution in [0.25, 0.3) is 0 Å². The van der Waals surface area contributed by atoms with Crippen molar-refractivity contribution in [1.82, 2.24) is 10.2 Å². The minimum atomic E-state index is -0.438. The molecule has 1 aliphatic carbocycles. The Morgan fingerprint density at radius 2 is 1.87 bits per heavy atom. The number of nitrogens with zero attached hydrogens (tertiary/aromatic N) is 1. The zero-order chi connectivity index (χ0) is 16.9. The van der Waals surface area contributed by atoms with Gasteiger partial charge in [-0.25, -0.2) is 4.79 Å². The molecule has 5 nitrogen and oxygen atoms in total. The zero-order valence-electron chi connectivity index (χ0n) is 15.0. The van der Waals surface area contributed by atoms with Gasteiger partial charge in [0.15, 0.2) is 0 Å². The maximum atomic E-state index is 12.2. The van der Waals surface area contributed by atoms with E-state index in [0.29, 0.717) is 18.5 Å². The van der Waals surface area contributed by atoms with Gasteiger partial charge in [0.2, 0.25) is 0 Å². The molecule has 0 aromatic heterocycles. The lowest BCUT2D eigenvalue weighted by Crippen LogP contribution is -2.40. The number of rotatable bonds is 4. The molecule has 2 fully saturated rings. The monoisotopic (exact) mass is 326 g/mol. The molecule has 2 rings (SSSR count). The van der Waals surface area contributed by atoms with E-state index >= 15 is 0 Å². The highest BCUT2D eigenvalue weighted by molar-refractivity contribution is 5.68. The van der Waals surface area contributed by atoms with Crippen LogP contribution in [0, 0.1) is 5.92 Å². The van der Waals surface area contributed by atoms with E-state index in [4.69, 9.17) is 4.74 Å². The Bertz CT molecular complexity index is 375. The molecular weight excluding hydrogens is 292 g/mol. The van der Waals surface area contributed by atoms with Gasteiger partial charge in [-0.05, 0) is 58.8 Å². The summed E-state index contributed by atoms with van der Waals surface area (Å²) in [6.07, 6.45) is 7.39. The lowest BCUT2D eigenvalue weighted by molar-refractivity contribution is 0.0255. The fourth-order valence-electron chi connectivity index (χ4n) is 3.61. The minimum Gasteiger partial charge on any atom is -0.444 e. The zero-order valence-corrected chi connectivity index (χ0v) is 15.0. The lowest BCUT2D eigenvalue weighted by Gasteiger charge is -2.26. The molecule has 2 aliphatic rings. The number of aliphatic hydroxyl groups is 1. The van der Waals surface area contributed by atoms with E-state index in [2.05, 4.69) is 5.32 Å². The van der Waals surface area contributed by atoms with Crippen LogP contribution >= 0.6 is 0 Å². The highest BCUT2D eigenvalue weighted by Crippen LogP contribution is 2.27. The van der Waals surface area contributed by atoms with Crippen molar-refractivity contribution < 1.29 is 14.6 Å². The van der Waals surface area contributed by atoms with Crippen LogP contribution in [0.1, 0.15) is 65.7 Å². The summed E-state index contributed by atoms with van der Waals surface area (Å²) < 4.78 is 5.46. The van der Waals surface area contributed by atoms with Gasteiger partial charge in [0, 0.05) is 25.7 Å². The Morgan fingerprint density at radius 3 is 2.52 bits per heavy atom. The van der Waals surface area contributed by atoms with Crippen molar-refractivity contribution in [2.75, 3.05) is 19.6 Å². The molecule has 5 heteroatoms. The summed E-state index contributed by atoms with van der Waals surface area (Å²) >= 11 is 0. The van der Waals surface area contributed by atoms with E-state index in [1.807, 2.05) is 25.7 Å². The lowest BCUT2D eigenvalue weighted by atomic mass is 10.00. The molecular formula is C18H34N2O3. The molecule has 0 bridgehead atoms. The van der Waals surface area contributed by atoms with Gasteiger partial charge in [-0.3, -0.25) is 0 Å². The Morgan fingerprint density at radius 1 is 1.17 bits per heavy atom. The molecule has 0 radical (unpaired) electrons. The first-order valence-electron chi connectivity index (χ1n) is 9.24. The Kier molecular flexibility index (Phi) is 6.72. The van der Waals surface area contributed by atoms with Crippen molar-refractivity contribution in [1.29, 1.82) is 0 Å². The molecule has 1 amide bonds.